The molecule has 1 N–H and O–H groups in total. The molecule has 1 unspecified atom stereocenters. The zero-order valence-corrected chi connectivity index (χ0v) is 6.92. The molecule has 66 valence electrons. The molecule has 2 heterocycles. The van der Waals surface area contributed by atoms with Crippen LogP contribution in [0.2, 0.25) is 0 Å². The highest BCUT2D eigenvalue weighted by Crippen LogP contribution is 2.20. The van der Waals surface area contributed by atoms with Gasteiger partial charge in [-0.15, -0.1) is 0 Å². The first-order valence-corrected chi connectivity index (χ1v) is 3.98. The first-order chi connectivity index (χ1) is 6.38. The molecule has 0 aliphatic carbocycles. The molecule has 13 heavy (non-hydrogen) atoms. The lowest BCUT2D eigenvalue weighted by atomic mass is 10.1. The Labute approximate surface area is 75.7 Å². The van der Waals surface area contributed by atoms with E-state index in [1.807, 2.05) is 6.07 Å². The van der Waals surface area contributed by atoms with Crippen molar-refractivity contribution in [2.45, 2.75) is 6.10 Å². The molecule has 0 bridgehead atoms. The number of aromatic nitrogens is 1. The van der Waals surface area contributed by atoms with Crippen LogP contribution in [0.4, 0.5) is 0 Å². The highest BCUT2D eigenvalue weighted by atomic mass is 16.3. The van der Waals surface area contributed by atoms with Gasteiger partial charge >= 0.3 is 0 Å². The minimum absolute atomic E-state index is 0.646. The normalized spacial score (nSPS) is 12.7. The maximum absolute atomic E-state index is 9.78. The van der Waals surface area contributed by atoms with E-state index in [1.165, 1.54) is 12.5 Å². The van der Waals surface area contributed by atoms with Gasteiger partial charge in [0.05, 0.1) is 12.5 Å². The molecule has 1 atom stereocenters. The Kier molecular flexibility index (Phi) is 2.10. The van der Waals surface area contributed by atoms with Gasteiger partial charge in [0.25, 0.3) is 0 Å². The lowest BCUT2D eigenvalue weighted by Gasteiger charge is -2.06. The van der Waals surface area contributed by atoms with Gasteiger partial charge in [-0.25, -0.2) is 0 Å². The number of aliphatic hydroxyl groups excluding tert-OH is 1. The van der Waals surface area contributed by atoms with Crippen LogP contribution in [-0.2, 0) is 0 Å². The third-order valence-corrected chi connectivity index (χ3v) is 1.86. The lowest BCUT2D eigenvalue weighted by Crippen LogP contribution is -1.97. The van der Waals surface area contributed by atoms with E-state index in [4.69, 9.17) is 4.42 Å². The summed E-state index contributed by atoms with van der Waals surface area (Å²) in [5, 5.41) is 9.78. The second-order valence-corrected chi connectivity index (χ2v) is 2.75. The fourth-order valence-corrected chi connectivity index (χ4v) is 1.16. The van der Waals surface area contributed by atoms with Gasteiger partial charge in [-0.05, 0) is 12.1 Å². The van der Waals surface area contributed by atoms with Crippen molar-refractivity contribution in [1.29, 1.82) is 0 Å². The number of aliphatic hydroxyl groups is 1. The molecule has 2 rings (SSSR count). The standard InChI is InChI=1S/C10H9NO2/c12-10(9-3-5-13-7-9)8-2-1-4-11-6-8/h1-7,10,12H. The summed E-state index contributed by atoms with van der Waals surface area (Å²) in [7, 11) is 0. The van der Waals surface area contributed by atoms with Gasteiger partial charge in [0.15, 0.2) is 0 Å². The van der Waals surface area contributed by atoms with E-state index < -0.39 is 6.10 Å². The van der Waals surface area contributed by atoms with Crippen molar-refractivity contribution in [2.75, 3.05) is 0 Å². The van der Waals surface area contributed by atoms with Crippen LogP contribution < -0.4 is 0 Å². The summed E-state index contributed by atoms with van der Waals surface area (Å²) in [4.78, 5) is 3.93. The van der Waals surface area contributed by atoms with E-state index in [9.17, 15) is 5.11 Å². The third kappa shape index (κ3) is 1.60. The van der Waals surface area contributed by atoms with Gasteiger partial charge in [0.1, 0.15) is 6.10 Å². The minimum atomic E-state index is -0.646. The van der Waals surface area contributed by atoms with Gasteiger partial charge in [0.2, 0.25) is 0 Å². The van der Waals surface area contributed by atoms with E-state index in [-0.39, 0.29) is 0 Å². The van der Waals surface area contributed by atoms with Crippen molar-refractivity contribution in [3.63, 3.8) is 0 Å². The number of hydrogen-bond donors (Lipinski definition) is 1. The molecule has 0 aromatic carbocycles. The Bertz CT molecular complexity index is 356. The van der Waals surface area contributed by atoms with E-state index >= 15 is 0 Å². The maximum Gasteiger partial charge on any atom is 0.109 e. The number of pyridine rings is 1. The van der Waals surface area contributed by atoms with E-state index in [0.717, 1.165) is 11.1 Å². The zero-order valence-electron chi connectivity index (χ0n) is 6.92. The van der Waals surface area contributed by atoms with Crippen LogP contribution in [-0.4, -0.2) is 10.1 Å². The highest BCUT2D eigenvalue weighted by molar-refractivity contribution is 5.24. The van der Waals surface area contributed by atoms with Gasteiger partial charge in [-0.3, -0.25) is 4.98 Å². The SMILES string of the molecule is OC(c1cccnc1)c1ccoc1. The zero-order chi connectivity index (χ0) is 9.10. The average Bonchev–Trinajstić information content (AvgIpc) is 2.71. The monoisotopic (exact) mass is 175 g/mol. The molecule has 2 aromatic heterocycles. The number of furan rings is 1. The smallest absolute Gasteiger partial charge is 0.109 e. The Hall–Kier alpha value is -1.61. The van der Waals surface area contributed by atoms with Gasteiger partial charge in [-0.1, -0.05) is 6.07 Å². The molecule has 0 saturated carbocycles. The predicted molar refractivity (Wildman–Crippen MR) is 47.0 cm³/mol. The van der Waals surface area contributed by atoms with Crippen LogP contribution in [0.1, 0.15) is 17.2 Å². The summed E-state index contributed by atoms with van der Waals surface area (Å²) in [6.07, 6.45) is 5.72. The second kappa shape index (κ2) is 3.41. The van der Waals surface area contributed by atoms with Crippen molar-refractivity contribution < 1.29 is 9.52 Å². The predicted octanol–water partition coefficient (Wildman–Crippen LogP) is 1.76. The van der Waals surface area contributed by atoms with Gasteiger partial charge < -0.3 is 9.52 Å². The topological polar surface area (TPSA) is 46.3 Å². The fourth-order valence-electron chi connectivity index (χ4n) is 1.16. The lowest BCUT2D eigenvalue weighted by molar-refractivity contribution is 0.219. The summed E-state index contributed by atoms with van der Waals surface area (Å²) in [5.41, 5.74) is 1.51. The molecule has 0 radical (unpaired) electrons. The van der Waals surface area contributed by atoms with Crippen LogP contribution in [0.25, 0.3) is 0 Å². The van der Waals surface area contributed by atoms with E-state index in [0.29, 0.717) is 0 Å². The molecule has 3 nitrogen and oxygen atoms in total. The summed E-state index contributed by atoms with van der Waals surface area (Å²) in [5.74, 6) is 0. The molecule has 0 amide bonds. The van der Waals surface area contributed by atoms with E-state index in [1.54, 1.807) is 24.5 Å². The van der Waals surface area contributed by atoms with Crippen LogP contribution in [0.3, 0.4) is 0 Å². The molecule has 0 spiro atoms. The first kappa shape index (κ1) is 8.01. The molecular weight excluding hydrogens is 166 g/mol. The summed E-state index contributed by atoms with van der Waals surface area (Å²) < 4.78 is 4.88. The maximum atomic E-state index is 9.78. The quantitative estimate of drug-likeness (QED) is 0.756. The van der Waals surface area contributed by atoms with Crippen LogP contribution in [0.5, 0.6) is 0 Å². The second-order valence-electron chi connectivity index (χ2n) is 2.75. The highest BCUT2D eigenvalue weighted by Gasteiger charge is 2.10. The molecule has 0 fully saturated rings. The summed E-state index contributed by atoms with van der Waals surface area (Å²) in [6, 6.07) is 5.35. The number of rotatable bonds is 2. The molecule has 0 saturated heterocycles. The van der Waals surface area contributed by atoms with Crippen molar-refractivity contribution in [2.24, 2.45) is 0 Å². The Morgan fingerprint density at radius 3 is 2.85 bits per heavy atom. The largest absolute Gasteiger partial charge is 0.472 e. The van der Waals surface area contributed by atoms with Crippen molar-refractivity contribution >= 4 is 0 Å². The Morgan fingerprint density at radius 1 is 1.31 bits per heavy atom. The number of nitrogens with zero attached hydrogens (tertiary/aromatic N) is 1. The van der Waals surface area contributed by atoms with Gasteiger partial charge in [0, 0.05) is 23.5 Å². The van der Waals surface area contributed by atoms with Crippen molar-refractivity contribution in [3.05, 3.63) is 54.2 Å². The summed E-state index contributed by atoms with van der Waals surface area (Å²) >= 11 is 0. The Morgan fingerprint density at radius 2 is 2.23 bits per heavy atom. The molecular formula is C10H9NO2. The van der Waals surface area contributed by atoms with Crippen molar-refractivity contribution in [1.82, 2.24) is 4.98 Å². The number of hydrogen-bond acceptors (Lipinski definition) is 3. The minimum Gasteiger partial charge on any atom is -0.472 e. The molecule has 0 aliphatic heterocycles. The fraction of sp³-hybridized carbons (Fsp3) is 0.100. The Balaban J connectivity index is 2.29. The first-order valence-electron chi connectivity index (χ1n) is 3.98. The van der Waals surface area contributed by atoms with Gasteiger partial charge in [-0.2, -0.15) is 0 Å². The van der Waals surface area contributed by atoms with Crippen LogP contribution in [0.15, 0.2) is 47.5 Å². The molecule has 3 heteroatoms. The third-order valence-electron chi connectivity index (χ3n) is 1.86. The van der Waals surface area contributed by atoms with Crippen LogP contribution >= 0.6 is 0 Å². The summed E-state index contributed by atoms with van der Waals surface area (Å²) in [6.45, 7) is 0. The molecule has 0 aliphatic rings. The average molecular weight is 175 g/mol. The van der Waals surface area contributed by atoms with E-state index in [2.05, 4.69) is 4.98 Å². The molecule has 2 aromatic rings. The van der Waals surface area contributed by atoms with Crippen LogP contribution in [0, 0.1) is 0 Å². The van der Waals surface area contributed by atoms with Crippen molar-refractivity contribution in [3.8, 4) is 0 Å².